The van der Waals surface area contributed by atoms with Crippen LogP contribution < -0.4 is 5.73 Å². The molecule has 2 nitrogen and oxygen atoms in total. The van der Waals surface area contributed by atoms with E-state index in [9.17, 15) is 13.6 Å². The number of Topliss-reactive ketones (excluding diaryl/α,β-unsaturated/α-hetero) is 1. The molecule has 1 fully saturated rings. The maximum atomic E-state index is 13.5. The first-order valence-corrected chi connectivity index (χ1v) is 6.31. The van der Waals surface area contributed by atoms with Gasteiger partial charge in [0.2, 0.25) is 0 Å². The molecule has 98 valence electrons. The van der Waals surface area contributed by atoms with Crippen molar-refractivity contribution in [3.05, 3.63) is 35.4 Å². The fourth-order valence-electron chi connectivity index (χ4n) is 2.57. The summed E-state index contributed by atoms with van der Waals surface area (Å²) >= 11 is 0. The number of carbonyl (C=O) groups excluding carboxylic acids is 1. The molecule has 4 heteroatoms. The van der Waals surface area contributed by atoms with Crippen LogP contribution in [0.2, 0.25) is 0 Å². The van der Waals surface area contributed by atoms with Crippen LogP contribution in [0.4, 0.5) is 8.78 Å². The predicted octanol–water partition coefficient (Wildman–Crippen LogP) is 2.91. The Hall–Kier alpha value is -1.29. The third kappa shape index (κ3) is 2.75. The molecule has 0 heterocycles. The molecule has 0 radical (unpaired) electrons. The molecule has 18 heavy (non-hydrogen) atoms. The highest BCUT2D eigenvalue weighted by atomic mass is 19.1. The van der Waals surface area contributed by atoms with Crippen molar-refractivity contribution in [1.29, 1.82) is 0 Å². The van der Waals surface area contributed by atoms with Gasteiger partial charge in [0.05, 0.1) is 5.56 Å². The van der Waals surface area contributed by atoms with Gasteiger partial charge < -0.3 is 5.73 Å². The van der Waals surface area contributed by atoms with Gasteiger partial charge in [-0.2, -0.15) is 0 Å². The number of carbonyl (C=O) groups is 1. The number of ketones is 1. The van der Waals surface area contributed by atoms with Crippen LogP contribution in [0.25, 0.3) is 0 Å². The first-order chi connectivity index (χ1) is 8.61. The predicted molar refractivity (Wildman–Crippen MR) is 65.2 cm³/mol. The Kier molecular flexibility index (Phi) is 4.07. The van der Waals surface area contributed by atoms with Crippen molar-refractivity contribution >= 4 is 5.78 Å². The molecule has 1 saturated carbocycles. The zero-order valence-electron chi connectivity index (χ0n) is 10.2. The molecule has 1 aliphatic carbocycles. The number of hydrogen-bond donors (Lipinski definition) is 1. The molecule has 0 amide bonds. The van der Waals surface area contributed by atoms with E-state index in [-0.39, 0.29) is 17.3 Å². The summed E-state index contributed by atoms with van der Waals surface area (Å²) in [6, 6.07) is 3.13. The van der Waals surface area contributed by atoms with Crippen molar-refractivity contribution in [3.8, 4) is 0 Å². The van der Waals surface area contributed by atoms with Gasteiger partial charge in [0.1, 0.15) is 11.6 Å². The van der Waals surface area contributed by atoms with Gasteiger partial charge in [-0.1, -0.05) is 0 Å². The summed E-state index contributed by atoms with van der Waals surface area (Å²) in [6.07, 6.45) is 3.32. The van der Waals surface area contributed by atoms with E-state index in [0.29, 0.717) is 12.5 Å². The summed E-state index contributed by atoms with van der Waals surface area (Å²) < 4.78 is 26.3. The molecule has 0 unspecified atom stereocenters. The molecule has 2 rings (SSSR count). The Morgan fingerprint density at radius 2 is 1.89 bits per heavy atom. The lowest BCUT2D eigenvalue weighted by molar-refractivity contribution is 0.0869. The van der Waals surface area contributed by atoms with E-state index in [4.69, 9.17) is 5.73 Å². The van der Waals surface area contributed by atoms with Crippen LogP contribution in [0.15, 0.2) is 18.2 Å². The van der Waals surface area contributed by atoms with Gasteiger partial charge in [0, 0.05) is 12.0 Å². The molecule has 0 aromatic heterocycles. The largest absolute Gasteiger partial charge is 0.330 e. The minimum atomic E-state index is -0.763. The molecule has 1 aromatic carbocycles. The number of benzene rings is 1. The second-order valence-corrected chi connectivity index (χ2v) is 4.94. The smallest absolute Gasteiger partial charge is 0.168 e. The maximum Gasteiger partial charge on any atom is 0.168 e. The van der Waals surface area contributed by atoms with Crippen LogP contribution in [-0.2, 0) is 0 Å². The van der Waals surface area contributed by atoms with Gasteiger partial charge in [-0.3, -0.25) is 4.79 Å². The third-order valence-electron chi connectivity index (χ3n) is 3.75. The molecule has 0 aliphatic heterocycles. The van der Waals surface area contributed by atoms with Crippen LogP contribution in [0.3, 0.4) is 0 Å². The van der Waals surface area contributed by atoms with E-state index < -0.39 is 11.6 Å². The average molecular weight is 253 g/mol. The van der Waals surface area contributed by atoms with Crippen molar-refractivity contribution in [2.75, 3.05) is 6.54 Å². The van der Waals surface area contributed by atoms with Crippen molar-refractivity contribution in [1.82, 2.24) is 0 Å². The van der Waals surface area contributed by atoms with Gasteiger partial charge >= 0.3 is 0 Å². The van der Waals surface area contributed by atoms with Crippen molar-refractivity contribution in [2.45, 2.75) is 25.7 Å². The molecule has 1 aliphatic rings. The van der Waals surface area contributed by atoms with E-state index in [1.807, 2.05) is 0 Å². The highest BCUT2D eigenvalue weighted by Crippen LogP contribution is 2.31. The lowest BCUT2D eigenvalue weighted by Gasteiger charge is -2.26. The van der Waals surface area contributed by atoms with Gasteiger partial charge in [0.15, 0.2) is 5.78 Å². The van der Waals surface area contributed by atoms with Crippen LogP contribution in [0.5, 0.6) is 0 Å². The highest BCUT2D eigenvalue weighted by molar-refractivity contribution is 5.98. The first kappa shape index (κ1) is 13.1. The summed E-state index contributed by atoms with van der Waals surface area (Å²) in [5, 5.41) is 0. The normalized spacial score (nSPS) is 23.9. The minimum absolute atomic E-state index is 0.00704. The molecular formula is C14H17F2NO. The molecule has 0 bridgehead atoms. The first-order valence-electron chi connectivity index (χ1n) is 6.31. The second-order valence-electron chi connectivity index (χ2n) is 4.94. The fraction of sp³-hybridized carbons (Fsp3) is 0.500. The lowest BCUT2D eigenvalue weighted by atomic mass is 9.78. The summed E-state index contributed by atoms with van der Waals surface area (Å²) in [4.78, 5) is 12.1. The average Bonchev–Trinajstić information content (AvgIpc) is 2.38. The van der Waals surface area contributed by atoms with Gasteiger partial charge in [-0.25, -0.2) is 8.78 Å². The summed E-state index contributed by atoms with van der Waals surface area (Å²) in [5.74, 6) is -1.29. The van der Waals surface area contributed by atoms with Crippen LogP contribution in [0.1, 0.15) is 36.0 Å². The van der Waals surface area contributed by atoms with Gasteiger partial charge in [0.25, 0.3) is 0 Å². The lowest BCUT2D eigenvalue weighted by Crippen LogP contribution is -2.26. The van der Waals surface area contributed by atoms with E-state index in [1.54, 1.807) is 0 Å². The van der Waals surface area contributed by atoms with Crippen LogP contribution >= 0.6 is 0 Å². The molecule has 0 spiro atoms. The van der Waals surface area contributed by atoms with E-state index in [1.165, 1.54) is 6.07 Å². The fourth-order valence-corrected chi connectivity index (χ4v) is 2.57. The summed E-state index contributed by atoms with van der Waals surface area (Å²) in [7, 11) is 0. The van der Waals surface area contributed by atoms with E-state index in [2.05, 4.69) is 0 Å². The molecule has 0 atom stereocenters. The van der Waals surface area contributed by atoms with Crippen LogP contribution in [0, 0.1) is 23.5 Å². The second kappa shape index (κ2) is 5.57. The van der Waals surface area contributed by atoms with Crippen molar-refractivity contribution in [3.63, 3.8) is 0 Å². The number of halogens is 2. The molecule has 2 N–H and O–H groups in total. The molecule has 1 aromatic rings. The van der Waals surface area contributed by atoms with E-state index in [0.717, 1.165) is 37.8 Å². The van der Waals surface area contributed by atoms with Crippen molar-refractivity contribution in [2.24, 2.45) is 17.6 Å². The molecule has 0 saturated heterocycles. The quantitative estimate of drug-likeness (QED) is 0.842. The third-order valence-corrected chi connectivity index (χ3v) is 3.75. The zero-order chi connectivity index (χ0) is 13.1. The SMILES string of the molecule is NCC1CCC(C(=O)c2ccc(F)cc2F)CC1. The minimum Gasteiger partial charge on any atom is -0.330 e. The zero-order valence-corrected chi connectivity index (χ0v) is 10.2. The monoisotopic (exact) mass is 253 g/mol. The Morgan fingerprint density at radius 1 is 1.22 bits per heavy atom. The summed E-state index contributed by atoms with van der Waals surface area (Å²) in [5.41, 5.74) is 5.60. The Morgan fingerprint density at radius 3 is 2.44 bits per heavy atom. The standard InChI is InChI=1S/C14H17F2NO/c15-11-5-6-12(13(16)7-11)14(18)10-3-1-9(8-17)2-4-10/h5-7,9-10H,1-4,8,17H2. The van der Waals surface area contributed by atoms with Gasteiger partial charge in [-0.05, 0) is 50.3 Å². The van der Waals surface area contributed by atoms with Crippen molar-refractivity contribution < 1.29 is 13.6 Å². The molecular weight excluding hydrogens is 236 g/mol. The Balaban J connectivity index is 2.08. The Labute approximate surface area is 105 Å². The Bertz CT molecular complexity index is 439. The maximum absolute atomic E-state index is 13.5. The van der Waals surface area contributed by atoms with Gasteiger partial charge in [-0.15, -0.1) is 0 Å². The summed E-state index contributed by atoms with van der Waals surface area (Å²) in [6.45, 7) is 0.645. The van der Waals surface area contributed by atoms with E-state index >= 15 is 0 Å². The topological polar surface area (TPSA) is 43.1 Å². The number of hydrogen-bond acceptors (Lipinski definition) is 2. The highest BCUT2D eigenvalue weighted by Gasteiger charge is 2.27. The number of rotatable bonds is 3. The van der Waals surface area contributed by atoms with Crippen LogP contribution in [-0.4, -0.2) is 12.3 Å². The number of nitrogens with two attached hydrogens (primary N) is 1.